The zero-order valence-electron chi connectivity index (χ0n) is 21.5. The summed E-state index contributed by atoms with van der Waals surface area (Å²) < 4.78 is 14.4. The second-order valence-electron chi connectivity index (χ2n) is 11.4. The van der Waals surface area contributed by atoms with Crippen molar-refractivity contribution in [3.8, 4) is 28.3 Å². The number of hydrogen-bond acceptors (Lipinski definition) is 8. The molecule has 9 heteroatoms. The lowest BCUT2D eigenvalue weighted by atomic mass is 9.69. The maximum absolute atomic E-state index is 14.4. The van der Waals surface area contributed by atoms with E-state index in [0.29, 0.717) is 39.6 Å². The van der Waals surface area contributed by atoms with E-state index in [1.54, 1.807) is 30.5 Å². The predicted molar refractivity (Wildman–Crippen MR) is 144 cm³/mol. The molecule has 2 bridgehead atoms. The summed E-state index contributed by atoms with van der Waals surface area (Å²) in [6.45, 7) is 4.72. The van der Waals surface area contributed by atoms with Gasteiger partial charge in [-0.05, 0) is 88.8 Å². The third-order valence-corrected chi connectivity index (χ3v) is 8.81. The van der Waals surface area contributed by atoms with E-state index in [0.717, 1.165) is 18.7 Å². The number of anilines is 1. The molecule has 7 nitrogen and oxygen atoms in total. The zero-order valence-corrected chi connectivity index (χ0v) is 22.4. The summed E-state index contributed by atoms with van der Waals surface area (Å²) in [5.74, 6) is 0.713. The van der Waals surface area contributed by atoms with Crippen molar-refractivity contribution in [1.29, 1.82) is 0 Å². The second-order valence-corrected chi connectivity index (χ2v) is 12.2. The van der Waals surface area contributed by atoms with Crippen molar-refractivity contribution in [3.63, 3.8) is 0 Å². The standard InChI is InChI=1S/C28H33FN6OS/c1-27-9-4-10-28(2,34-27)14-19(13-27)35(18-6-7-18)24-16-31-26(33-32-24)20-8-5-17(11-23(20)36)21-12-25(37-3)30-15-22(21)29/h5,8,11-12,15-16,18-19,34,36H,4,6-7,9-10,13-14H2,1-3H3/t19?,27-,28+. The first-order chi connectivity index (χ1) is 17.8. The Bertz CT molecular complexity index is 1300. The van der Waals surface area contributed by atoms with Gasteiger partial charge in [0.2, 0.25) is 0 Å². The summed E-state index contributed by atoms with van der Waals surface area (Å²) in [5, 5.41) is 24.5. The van der Waals surface area contributed by atoms with Gasteiger partial charge >= 0.3 is 0 Å². The zero-order chi connectivity index (χ0) is 25.8. The summed E-state index contributed by atoms with van der Waals surface area (Å²) in [6.07, 6.45) is 13.1. The van der Waals surface area contributed by atoms with Gasteiger partial charge < -0.3 is 15.3 Å². The molecule has 37 heavy (non-hydrogen) atoms. The van der Waals surface area contributed by atoms with Gasteiger partial charge in [0, 0.05) is 28.7 Å². The van der Waals surface area contributed by atoms with Gasteiger partial charge in [-0.25, -0.2) is 14.4 Å². The molecule has 1 unspecified atom stereocenters. The van der Waals surface area contributed by atoms with E-state index in [1.807, 2.05) is 6.26 Å². The highest BCUT2D eigenvalue weighted by molar-refractivity contribution is 7.98. The van der Waals surface area contributed by atoms with E-state index in [2.05, 4.69) is 44.2 Å². The largest absolute Gasteiger partial charge is 0.507 e. The van der Waals surface area contributed by atoms with Gasteiger partial charge in [0.05, 0.1) is 23.0 Å². The van der Waals surface area contributed by atoms with Crippen LogP contribution in [0.15, 0.2) is 41.7 Å². The number of rotatable bonds is 6. The molecular formula is C28H33FN6OS. The number of halogens is 1. The molecule has 3 atom stereocenters. The van der Waals surface area contributed by atoms with Gasteiger partial charge in [-0.3, -0.25) is 0 Å². The summed E-state index contributed by atoms with van der Waals surface area (Å²) in [5.41, 5.74) is 1.74. The number of aromatic hydroxyl groups is 1. The van der Waals surface area contributed by atoms with Crippen molar-refractivity contribution in [1.82, 2.24) is 25.5 Å². The Morgan fingerprint density at radius 3 is 2.38 bits per heavy atom. The van der Waals surface area contributed by atoms with Gasteiger partial charge in [-0.2, -0.15) is 0 Å². The van der Waals surface area contributed by atoms with E-state index >= 15 is 0 Å². The summed E-state index contributed by atoms with van der Waals surface area (Å²) in [4.78, 5) is 11.1. The topological polar surface area (TPSA) is 87.1 Å². The van der Waals surface area contributed by atoms with E-state index in [1.165, 1.54) is 50.1 Å². The fourth-order valence-corrected chi connectivity index (χ4v) is 6.91. The average Bonchev–Trinajstić information content (AvgIpc) is 3.69. The molecular weight excluding hydrogens is 487 g/mol. The molecule has 0 radical (unpaired) electrons. The molecule has 4 heterocycles. The molecule has 3 aliphatic rings. The number of phenols is 1. The predicted octanol–water partition coefficient (Wildman–Crippen LogP) is 5.59. The maximum Gasteiger partial charge on any atom is 0.185 e. The van der Waals surface area contributed by atoms with Crippen LogP contribution in [0.5, 0.6) is 5.75 Å². The third-order valence-electron chi connectivity index (χ3n) is 8.17. The van der Waals surface area contributed by atoms with Crippen LogP contribution in [0.4, 0.5) is 10.2 Å². The quantitative estimate of drug-likeness (QED) is 0.407. The van der Waals surface area contributed by atoms with Crippen LogP contribution in [0.1, 0.15) is 58.8 Å². The molecule has 0 amide bonds. The number of benzene rings is 1. The molecule has 2 aliphatic heterocycles. The third kappa shape index (κ3) is 4.79. The normalized spacial score (nSPS) is 27.2. The molecule has 2 N–H and O–H groups in total. The highest BCUT2D eigenvalue weighted by Crippen LogP contribution is 2.45. The van der Waals surface area contributed by atoms with E-state index < -0.39 is 5.82 Å². The van der Waals surface area contributed by atoms with Crippen molar-refractivity contribution in [2.45, 2.75) is 87.0 Å². The molecule has 194 valence electrons. The van der Waals surface area contributed by atoms with Gasteiger partial charge in [0.15, 0.2) is 11.6 Å². The Hall–Kier alpha value is -2.78. The molecule has 1 saturated carbocycles. The Kier molecular flexibility index (Phi) is 6.11. The molecule has 6 rings (SSSR count). The van der Waals surface area contributed by atoms with Crippen molar-refractivity contribution >= 4 is 17.6 Å². The number of aromatic nitrogens is 4. The van der Waals surface area contributed by atoms with Crippen molar-refractivity contribution < 1.29 is 9.50 Å². The van der Waals surface area contributed by atoms with Gasteiger partial charge in [0.1, 0.15) is 11.6 Å². The van der Waals surface area contributed by atoms with E-state index in [-0.39, 0.29) is 16.8 Å². The van der Waals surface area contributed by atoms with Gasteiger partial charge in [-0.15, -0.1) is 22.0 Å². The lowest BCUT2D eigenvalue weighted by Gasteiger charge is -2.55. The number of nitrogens with one attached hydrogen (secondary N) is 1. The van der Waals surface area contributed by atoms with Gasteiger partial charge in [0.25, 0.3) is 0 Å². The van der Waals surface area contributed by atoms with Crippen molar-refractivity contribution in [2.24, 2.45) is 0 Å². The minimum absolute atomic E-state index is 0.0138. The number of nitrogens with zero attached hydrogens (tertiary/aromatic N) is 5. The van der Waals surface area contributed by atoms with E-state index in [4.69, 9.17) is 0 Å². The Labute approximate surface area is 221 Å². The Morgan fingerprint density at radius 1 is 1.00 bits per heavy atom. The fraction of sp³-hybridized carbons (Fsp3) is 0.500. The molecule has 3 fully saturated rings. The molecule has 1 aliphatic carbocycles. The monoisotopic (exact) mass is 520 g/mol. The first-order valence-corrected chi connectivity index (χ1v) is 14.3. The molecule has 2 aromatic heterocycles. The lowest BCUT2D eigenvalue weighted by Crippen LogP contribution is -2.67. The van der Waals surface area contributed by atoms with Crippen LogP contribution >= 0.6 is 11.8 Å². The summed E-state index contributed by atoms with van der Waals surface area (Å²) in [7, 11) is 0. The highest BCUT2D eigenvalue weighted by atomic mass is 32.2. The molecule has 1 aromatic carbocycles. The van der Waals surface area contributed by atoms with Crippen LogP contribution in [0.2, 0.25) is 0 Å². The number of thioether (sulfide) groups is 1. The number of pyridine rings is 1. The lowest BCUT2D eigenvalue weighted by molar-refractivity contribution is 0.0766. The average molecular weight is 521 g/mol. The van der Waals surface area contributed by atoms with Crippen LogP contribution in [0.25, 0.3) is 22.5 Å². The number of hydrogen-bond donors (Lipinski definition) is 2. The molecule has 0 spiro atoms. The van der Waals surface area contributed by atoms with Crippen LogP contribution in [0.3, 0.4) is 0 Å². The first kappa shape index (κ1) is 24.6. The smallest absolute Gasteiger partial charge is 0.185 e. The Balaban J connectivity index is 1.26. The number of fused-ring (bicyclic) bond motifs is 2. The fourth-order valence-electron chi connectivity index (χ4n) is 6.51. The van der Waals surface area contributed by atoms with E-state index in [9.17, 15) is 9.50 Å². The molecule has 2 saturated heterocycles. The second kappa shape index (κ2) is 9.20. The Morgan fingerprint density at radius 2 is 1.76 bits per heavy atom. The maximum atomic E-state index is 14.4. The van der Waals surface area contributed by atoms with Crippen molar-refractivity contribution in [2.75, 3.05) is 11.2 Å². The van der Waals surface area contributed by atoms with Gasteiger partial charge in [-0.1, -0.05) is 6.07 Å². The van der Waals surface area contributed by atoms with Crippen LogP contribution in [-0.4, -0.2) is 54.7 Å². The molecule has 3 aromatic rings. The number of piperidine rings is 2. The first-order valence-electron chi connectivity index (χ1n) is 13.1. The minimum Gasteiger partial charge on any atom is -0.507 e. The summed E-state index contributed by atoms with van der Waals surface area (Å²) >= 11 is 1.44. The summed E-state index contributed by atoms with van der Waals surface area (Å²) in [6, 6.07) is 7.60. The van der Waals surface area contributed by atoms with Crippen LogP contribution < -0.4 is 10.2 Å². The highest BCUT2D eigenvalue weighted by Gasteiger charge is 2.49. The van der Waals surface area contributed by atoms with Crippen LogP contribution in [-0.2, 0) is 0 Å². The van der Waals surface area contributed by atoms with Crippen molar-refractivity contribution in [3.05, 3.63) is 42.5 Å². The van der Waals surface area contributed by atoms with Crippen LogP contribution in [0, 0.1) is 5.82 Å². The SMILES string of the molecule is CSc1cc(-c2ccc(-c3ncc(N(C4CC4)C4C[C@]5(C)CCC[C@](C)(C4)N5)nn3)c(O)c2)c(F)cn1. The minimum atomic E-state index is -0.433. The number of phenolic OH excluding ortho intramolecular Hbond substituents is 1.